The molecular formula is C9H9ClN4S. The Labute approximate surface area is 96.7 Å². The molecule has 0 atom stereocenters. The van der Waals surface area contributed by atoms with E-state index in [1.165, 1.54) is 0 Å². The highest BCUT2D eigenvalue weighted by Gasteiger charge is 2.03. The van der Waals surface area contributed by atoms with Gasteiger partial charge in [0.15, 0.2) is 5.16 Å². The monoisotopic (exact) mass is 240 g/mol. The van der Waals surface area contributed by atoms with Crippen molar-refractivity contribution in [3.63, 3.8) is 0 Å². The summed E-state index contributed by atoms with van der Waals surface area (Å²) in [4.78, 5) is 4.21. The first kappa shape index (κ1) is 10.4. The summed E-state index contributed by atoms with van der Waals surface area (Å²) < 4.78 is 1.87. The Kier molecular flexibility index (Phi) is 3.23. The first-order chi connectivity index (χ1) is 7.25. The van der Waals surface area contributed by atoms with Crippen LogP contribution >= 0.6 is 23.4 Å². The summed E-state index contributed by atoms with van der Waals surface area (Å²) in [6.45, 7) is 0. The second kappa shape index (κ2) is 4.63. The third kappa shape index (κ3) is 2.70. The molecular weight excluding hydrogens is 232 g/mol. The number of hydrogen-bond acceptors (Lipinski definition) is 4. The molecule has 0 saturated carbocycles. The van der Waals surface area contributed by atoms with E-state index >= 15 is 0 Å². The molecule has 2 rings (SSSR count). The van der Waals surface area contributed by atoms with Gasteiger partial charge < -0.3 is 4.57 Å². The summed E-state index contributed by atoms with van der Waals surface area (Å²) in [5.74, 6) is 0.743. The van der Waals surface area contributed by atoms with Crippen LogP contribution in [0.1, 0.15) is 5.69 Å². The van der Waals surface area contributed by atoms with Crippen LogP contribution in [-0.2, 0) is 12.8 Å². The van der Waals surface area contributed by atoms with Crippen LogP contribution in [0.4, 0.5) is 0 Å². The van der Waals surface area contributed by atoms with Gasteiger partial charge in [-0.05, 0) is 12.1 Å². The zero-order valence-corrected chi connectivity index (χ0v) is 9.66. The Hall–Kier alpha value is -1.07. The molecule has 0 saturated heterocycles. The number of nitrogens with zero attached hydrogens (tertiary/aromatic N) is 4. The zero-order valence-electron chi connectivity index (χ0n) is 8.09. The number of aryl methyl sites for hydroxylation is 1. The van der Waals surface area contributed by atoms with Crippen molar-refractivity contribution < 1.29 is 0 Å². The molecule has 0 aliphatic rings. The topological polar surface area (TPSA) is 43.6 Å². The molecule has 0 aromatic carbocycles. The minimum Gasteiger partial charge on any atom is -0.312 e. The van der Waals surface area contributed by atoms with E-state index in [4.69, 9.17) is 11.6 Å². The maximum Gasteiger partial charge on any atom is 0.191 e. The molecule has 0 amide bonds. The van der Waals surface area contributed by atoms with Crippen LogP contribution < -0.4 is 0 Å². The molecule has 15 heavy (non-hydrogen) atoms. The summed E-state index contributed by atoms with van der Waals surface area (Å²) in [5, 5.41) is 9.34. The van der Waals surface area contributed by atoms with Gasteiger partial charge in [0.1, 0.15) is 6.33 Å². The van der Waals surface area contributed by atoms with Crippen LogP contribution in [0.2, 0.25) is 5.02 Å². The first-order valence-corrected chi connectivity index (χ1v) is 5.69. The Balaban J connectivity index is 2.02. The molecule has 0 aliphatic heterocycles. The van der Waals surface area contributed by atoms with Crippen LogP contribution in [0, 0.1) is 0 Å². The normalized spacial score (nSPS) is 10.5. The van der Waals surface area contributed by atoms with Crippen molar-refractivity contribution in [2.75, 3.05) is 0 Å². The Morgan fingerprint density at radius 2 is 2.40 bits per heavy atom. The van der Waals surface area contributed by atoms with Gasteiger partial charge in [-0.15, -0.1) is 10.2 Å². The highest BCUT2D eigenvalue weighted by Crippen LogP contribution is 2.19. The lowest BCUT2D eigenvalue weighted by atomic mass is 10.4. The Bertz CT molecular complexity index is 457. The van der Waals surface area contributed by atoms with Gasteiger partial charge in [-0.1, -0.05) is 23.4 Å². The highest BCUT2D eigenvalue weighted by molar-refractivity contribution is 7.98. The smallest absolute Gasteiger partial charge is 0.191 e. The SMILES string of the molecule is Cn1cnnc1SCc1cc(Cl)ccn1. The lowest BCUT2D eigenvalue weighted by Crippen LogP contribution is -1.91. The van der Waals surface area contributed by atoms with Gasteiger partial charge in [0.25, 0.3) is 0 Å². The van der Waals surface area contributed by atoms with E-state index in [-0.39, 0.29) is 0 Å². The number of halogens is 1. The predicted octanol–water partition coefficient (Wildman–Crippen LogP) is 2.16. The standard InChI is InChI=1S/C9H9ClN4S/c1-14-6-12-13-9(14)15-5-8-4-7(10)2-3-11-8/h2-4,6H,5H2,1H3. The summed E-state index contributed by atoms with van der Waals surface area (Å²) in [7, 11) is 1.91. The molecule has 0 aliphatic carbocycles. The highest BCUT2D eigenvalue weighted by atomic mass is 35.5. The maximum atomic E-state index is 5.85. The summed E-state index contributed by atoms with van der Waals surface area (Å²) >= 11 is 7.44. The minimum atomic E-state index is 0.707. The minimum absolute atomic E-state index is 0.707. The molecule has 4 nitrogen and oxygen atoms in total. The van der Waals surface area contributed by atoms with E-state index in [9.17, 15) is 0 Å². The van der Waals surface area contributed by atoms with Gasteiger partial charge in [-0.3, -0.25) is 4.98 Å². The third-order valence-electron chi connectivity index (χ3n) is 1.80. The van der Waals surface area contributed by atoms with Crippen molar-refractivity contribution in [2.24, 2.45) is 7.05 Å². The molecule has 6 heteroatoms. The molecule has 0 bridgehead atoms. The van der Waals surface area contributed by atoms with Gasteiger partial charge in [0.2, 0.25) is 0 Å². The van der Waals surface area contributed by atoms with Gasteiger partial charge in [-0.2, -0.15) is 0 Å². The second-order valence-electron chi connectivity index (χ2n) is 2.98. The maximum absolute atomic E-state index is 5.85. The number of rotatable bonds is 3. The van der Waals surface area contributed by atoms with E-state index in [2.05, 4.69) is 15.2 Å². The fourth-order valence-electron chi connectivity index (χ4n) is 1.07. The van der Waals surface area contributed by atoms with Gasteiger partial charge in [0, 0.05) is 24.0 Å². The summed E-state index contributed by atoms with van der Waals surface area (Å²) in [6.07, 6.45) is 3.38. The van der Waals surface area contributed by atoms with Crippen LogP contribution in [0.5, 0.6) is 0 Å². The third-order valence-corrected chi connectivity index (χ3v) is 3.10. The summed E-state index contributed by atoms with van der Waals surface area (Å²) in [5.41, 5.74) is 0.940. The van der Waals surface area contributed by atoms with Crippen molar-refractivity contribution in [3.05, 3.63) is 35.4 Å². The largest absolute Gasteiger partial charge is 0.312 e. The number of thioether (sulfide) groups is 1. The molecule has 2 aromatic heterocycles. The molecule has 0 fully saturated rings. The van der Waals surface area contributed by atoms with Crippen molar-refractivity contribution in [3.8, 4) is 0 Å². The molecule has 2 aromatic rings. The molecule has 0 radical (unpaired) electrons. The van der Waals surface area contributed by atoms with Gasteiger partial charge in [-0.25, -0.2) is 0 Å². The van der Waals surface area contributed by atoms with Crippen molar-refractivity contribution in [1.82, 2.24) is 19.7 Å². The van der Waals surface area contributed by atoms with Crippen LogP contribution in [-0.4, -0.2) is 19.7 Å². The van der Waals surface area contributed by atoms with E-state index < -0.39 is 0 Å². The van der Waals surface area contributed by atoms with E-state index in [1.54, 1.807) is 30.4 Å². The van der Waals surface area contributed by atoms with Crippen molar-refractivity contribution in [2.45, 2.75) is 10.9 Å². The molecule has 78 valence electrons. The van der Waals surface area contributed by atoms with Crippen molar-refractivity contribution >= 4 is 23.4 Å². The average Bonchev–Trinajstić information content (AvgIpc) is 2.61. The lowest BCUT2D eigenvalue weighted by molar-refractivity contribution is 0.788. The molecule has 2 heterocycles. The number of aromatic nitrogens is 4. The van der Waals surface area contributed by atoms with Crippen molar-refractivity contribution in [1.29, 1.82) is 0 Å². The Morgan fingerprint density at radius 3 is 3.07 bits per heavy atom. The molecule has 0 unspecified atom stereocenters. The second-order valence-corrected chi connectivity index (χ2v) is 4.36. The predicted molar refractivity (Wildman–Crippen MR) is 59.8 cm³/mol. The van der Waals surface area contributed by atoms with Crippen LogP contribution in [0.25, 0.3) is 0 Å². The quantitative estimate of drug-likeness (QED) is 0.772. The lowest BCUT2D eigenvalue weighted by Gasteiger charge is -2.00. The number of pyridine rings is 1. The number of hydrogen-bond donors (Lipinski definition) is 0. The van der Waals surface area contributed by atoms with Crippen LogP contribution in [0.3, 0.4) is 0 Å². The summed E-state index contributed by atoms with van der Waals surface area (Å²) in [6, 6.07) is 3.61. The molecule has 0 N–H and O–H groups in total. The van der Waals surface area contributed by atoms with E-state index in [1.807, 2.05) is 17.7 Å². The van der Waals surface area contributed by atoms with Gasteiger partial charge >= 0.3 is 0 Å². The first-order valence-electron chi connectivity index (χ1n) is 4.33. The fourth-order valence-corrected chi connectivity index (χ4v) is 2.04. The zero-order chi connectivity index (χ0) is 10.7. The van der Waals surface area contributed by atoms with E-state index in [0.29, 0.717) is 5.02 Å². The average molecular weight is 241 g/mol. The fraction of sp³-hybridized carbons (Fsp3) is 0.222. The van der Waals surface area contributed by atoms with E-state index in [0.717, 1.165) is 16.6 Å². The molecule has 0 spiro atoms. The Morgan fingerprint density at radius 1 is 1.53 bits per heavy atom. The van der Waals surface area contributed by atoms with Gasteiger partial charge in [0.05, 0.1) is 5.69 Å². The van der Waals surface area contributed by atoms with Crippen LogP contribution in [0.15, 0.2) is 29.8 Å².